The Kier molecular flexibility index (Phi) is 2.59. The Balaban J connectivity index is 1.82. The van der Waals surface area contributed by atoms with Gasteiger partial charge in [-0.2, -0.15) is 5.10 Å². The van der Waals surface area contributed by atoms with E-state index in [4.69, 9.17) is 0 Å². The molecule has 18 heavy (non-hydrogen) atoms. The number of aromatic nitrogens is 2. The minimum absolute atomic E-state index is 0.0508. The average molecular weight is 268 g/mol. The van der Waals surface area contributed by atoms with Crippen molar-refractivity contribution in [2.75, 3.05) is 0 Å². The lowest BCUT2D eigenvalue weighted by molar-refractivity contribution is 0.0905. The predicted octanol–water partition coefficient (Wildman–Crippen LogP) is 0.959. The highest BCUT2D eigenvalue weighted by molar-refractivity contribution is 7.93. The van der Waals surface area contributed by atoms with Crippen LogP contribution in [0.5, 0.6) is 0 Å². The molecule has 2 fully saturated rings. The van der Waals surface area contributed by atoms with Gasteiger partial charge in [0.05, 0.1) is 22.3 Å². The van der Waals surface area contributed by atoms with Gasteiger partial charge in [-0.3, -0.25) is 9.48 Å². The normalized spacial score (nSPS) is 33.5. The average Bonchev–Trinajstić information content (AvgIpc) is 2.75. The van der Waals surface area contributed by atoms with Gasteiger partial charge < -0.3 is 0 Å². The molecule has 0 saturated carbocycles. The number of sulfone groups is 1. The second-order valence-corrected chi connectivity index (χ2v) is 7.86. The Morgan fingerprint density at radius 2 is 1.94 bits per heavy atom. The van der Waals surface area contributed by atoms with Crippen LogP contribution in [0, 0.1) is 5.92 Å². The van der Waals surface area contributed by atoms with E-state index in [1.807, 2.05) is 0 Å². The van der Waals surface area contributed by atoms with Gasteiger partial charge in [0.25, 0.3) is 0 Å². The van der Waals surface area contributed by atoms with Gasteiger partial charge >= 0.3 is 0 Å². The first-order chi connectivity index (χ1) is 8.48. The van der Waals surface area contributed by atoms with Crippen LogP contribution in [0.25, 0.3) is 0 Å². The summed E-state index contributed by atoms with van der Waals surface area (Å²) in [6, 6.07) is 0. The molecule has 2 unspecified atom stereocenters. The minimum atomic E-state index is -2.95. The predicted molar refractivity (Wildman–Crippen MR) is 66.0 cm³/mol. The van der Waals surface area contributed by atoms with E-state index in [-0.39, 0.29) is 22.2 Å². The number of ketones is 1. The van der Waals surface area contributed by atoms with Crippen molar-refractivity contribution in [3.05, 3.63) is 18.0 Å². The van der Waals surface area contributed by atoms with Crippen molar-refractivity contribution in [3.63, 3.8) is 0 Å². The lowest BCUT2D eigenvalue weighted by Gasteiger charge is -2.26. The van der Waals surface area contributed by atoms with Gasteiger partial charge in [0.1, 0.15) is 0 Å². The molecule has 0 radical (unpaired) electrons. The molecule has 98 valence electrons. The van der Waals surface area contributed by atoms with Crippen molar-refractivity contribution < 1.29 is 13.2 Å². The van der Waals surface area contributed by atoms with Gasteiger partial charge in [0.2, 0.25) is 0 Å². The molecule has 2 bridgehead atoms. The molecule has 2 aliphatic heterocycles. The first-order valence-electron chi connectivity index (χ1n) is 6.24. The lowest BCUT2D eigenvalue weighted by atomic mass is 9.92. The Labute approximate surface area is 106 Å². The summed E-state index contributed by atoms with van der Waals surface area (Å²) >= 11 is 0. The summed E-state index contributed by atoms with van der Waals surface area (Å²) in [6.45, 7) is 0. The van der Waals surface area contributed by atoms with Crippen LogP contribution in [0.4, 0.5) is 0 Å². The molecule has 3 heterocycles. The van der Waals surface area contributed by atoms with E-state index in [9.17, 15) is 13.2 Å². The molecule has 0 spiro atoms. The van der Waals surface area contributed by atoms with Crippen LogP contribution in [0.1, 0.15) is 36.0 Å². The van der Waals surface area contributed by atoms with Crippen LogP contribution in [-0.2, 0) is 16.9 Å². The number of Topliss-reactive ketones (excluding diaryl/α,β-unsaturated/α-hetero) is 1. The third kappa shape index (κ3) is 1.70. The molecule has 0 aliphatic carbocycles. The molecule has 3 rings (SSSR count). The second kappa shape index (κ2) is 3.91. The summed E-state index contributed by atoms with van der Waals surface area (Å²) in [5, 5.41) is 3.41. The lowest BCUT2D eigenvalue weighted by Crippen LogP contribution is -2.36. The quantitative estimate of drug-likeness (QED) is 0.749. The molecule has 0 aromatic carbocycles. The summed E-state index contributed by atoms with van der Waals surface area (Å²) < 4.78 is 25.5. The molecular weight excluding hydrogens is 252 g/mol. The van der Waals surface area contributed by atoms with Crippen molar-refractivity contribution in [2.24, 2.45) is 13.0 Å². The van der Waals surface area contributed by atoms with E-state index in [0.717, 1.165) is 12.8 Å². The van der Waals surface area contributed by atoms with Crippen LogP contribution in [-0.4, -0.2) is 34.5 Å². The fourth-order valence-corrected chi connectivity index (χ4v) is 5.68. The van der Waals surface area contributed by atoms with Crippen molar-refractivity contribution in [2.45, 2.75) is 36.2 Å². The minimum Gasteiger partial charge on any atom is -0.294 e. The van der Waals surface area contributed by atoms with Crippen LogP contribution in [0.2, 0.25) is 0 Å². The Morgan fingerprint density at radius 3 is 2.44 bits per heavy atom. The number of hydrogen-bond donors (Lipinski definition) is 0. The van der Waals surface area contributed by atoms with Gasteiger partial charge in [-0.05, 0) is 25.7 Å². The zero-order valence-corrected chi connectivity index (χ0v) is 11.1. The molecule has 2 saturated heterocycles. The third-order valence-corrected chi connectivity index (χ3v) is 6.91. The number of rotatable bonds is 2. The first-order valence-corrected chi connectivity index (χ1v) is 7.85. The number of carbonyl (C=O) groups excluding carboxylic acids is 1. The van der Waals surface area contributed by atoms with Crippen LogP contribution < -0.4 is 0 Å². The molecule has 5 nitrogen and oxygen atoms in total. The maximum atomic E-state index is 12.3. The molecule has 2 atom stereocenters. The Bertz CT molecular complexity index is 570. The van der Waals surface area contributed by atoms with E-state index in [1.54, 1.807) is 24.1 Å². The number of fused-ring (bicyclic) bond motifs is 2. The van der Waals surface area contributed by atoms with Gasteiger partial charge in [-0.15, -0.1) is 0 Å². The summed E-state index contributed by atoms with van der Waals surface area (Å²) in [5.74, 6) is -0.0925. The third-order valence-electron chi connectivity index (χ3n) is 4.19. The molecule has 6 heteroatoms. The fraction of sp³-hybridized carbons (Fsp3) is 0.667. The summed E-state index contributed by atoms with van der Waals surface area (Å²) in [6.07, 6.45) is 5.70. The number of hydrogen-bond acceptors (Lipinski definition) is 4. The van der Waals surface area contributed by atoms with Crippen molar-refractivity contribution in [3.8, 4) is 0 Å². The molecule has 1 aromatic rings. The highest BCUT2D eigenvalue weighted by Crippen LogP contribution is 2.42. The summed E-state index contributed by atoms with van der Waals surface area (Å²) in [4.78, 5) is 12.3. The topological polar surface area (TPSA) is 69.0 Å². The number of carbonyl (C=O) groups is 1. The van der Waals surface area contributed by atoms with Gasteiger partial charge in [0.15, 0.2) is 15.6 Å². The monoisotopic (exact) mass is 268 g/mol. The maximum absolute atomic E-state index is 12.3. The van der Waals surface area contributed by atoms with Gasteiger partial charge in [-0.1, -0.05) is 0 Å². The van der Waals surface area contributed by atoms with Crippen molar-refractivity contribution in [1.82, 2.24) is 9.78 Å². The largest absolute Gasteiger partial charge is 0.294 e. The SMILES string of the molecule is Cn1cc(C(=O)C2CC3CCC(C2)S3(=O)=O)cn1. The fourth-order valence-electron chi connectivity index (χ4n) is 3.21. The molecule has 1 aromatic heterocycles. The smallest absolute Gasteiger partial charge is 0.169 e. The van der Waals surface area contributed by atoms with E-state index in [1.165, 1.54) is 0 Å². The standard InChI is InChI=1S/C12H16N2O3S/c1-14-7-9(6-13-14)12(15)8-4-10-2-3-11(5-8)18(10,16)17/h6-8,10-11H,2-5H2,1H3. The summed E-state index contributed by atoms with van der Waals surface area (Å²) in [7, 11) is -1.18. The van der Waals surface area contributed by atoms with E-state index in [2.05, 4.69) is 5.10 Å². The highest BCUT2D eigenvalue weighted by atomic mass is 32.2. The number of nitrogens with zero attached hydrogens (tertiary/aromatic N) is 2. The highest BCUT2D eigenvalue weighted by Gasteiger charge is 2.48. The molecule has 0 amide bonds. The van der Waals surface area contributed by atoms with E-state index >= 15 is 0 Å². The van der Waals surface area contributed by atoms with Crippen LogP contribution in [0.3, 0.4) is 0 Å². The Hall–Kier alpha value is -1.17. The van der Waals surface area contributed by atoms with Gasteiger partial charge in [-0.25, -0.2) is 8.42 Å². The molecular formula is C12H16N2O3S. The Morgan fingerprint density at radius 1 is 1.33 bits per heavy atom. The first kappa shape index (κ1) is 11.9. The summed E-state index contributed by atoms with van der Waals surface area (Å²) in [5.41, 5.74) is 0.598. The molecule has 2 aliphatic rings. The van der Waals surface area contributed by atoms with Gasteiger partial charge in [0, 0.05) is 19.2 Å². The van der Waals surface area contributed by atoms with Crippen LogP contribution in [0.15, 0.2) is 12.4 Å². The van der Waals surface area contributed by atoms with Crippen molar-refractivity contribution >= 4 is 15.6 Å². The maximum Gasteiger partial charge on any atom is 0.169 e. The molecule has 0 N–H and O–H groups in total. The zero-order chi connectivity index (χ0) is 12.9. The zero-order valence-electron chi connectivity index (χ0n) is 10.2. The van der Waals surface area contributed by atoms with E-state index < -0.39 is 9.84 Å². The number of aryl methyl sites for hydroxylation is 1. The second-order valence-electron chi connectivity index (χ2n) is 5.35. The van der Waals surface area contributed by atoms with E-state index in [0.29, 0.717) is 18.4 Å². The van der Waals surface area contributed by atoms with Crippen LogP contribution >= 0.6 is 0 Å². The van der Waals surface area contributed by atoms with Crippen molar-refractivity contribution in [1.29, 1.82) is 0 Å².